The molecule has 0 radical (unpaired) electrons. The normalized spacial score (nSPS) is 17.8. The number of amides is 1. The smallest absolute Gasteiger partial charge is 0.257 e. The molecule has 0 spiro atoms. The Morgan fingerprint density at radius 1 is 1.28 bits per heavy atom. The highest BCUT2D eigenvalue weighted by atomic mass is 35.5. The Bertz CT molecular complexity index is 1110. The molecule has 5 rings (SSSR count). The van der Waals surface area contributed by atoms with Crippen LogP contribution in [0.2, 0.25) is 5.02 Å². The third-order valence-electron chi connectivity index (χ3n) is 5.72. The number of aromatic nitrogens is 3. The number of benzene rings is 1. The zero-order valence-electron chi connectivity index (χ0n) is 16.4. The van der Waals surface area contributed by atoms with Crippen LogP contribution in [0, 0.1) is 6.92 Å². The summed E-state index contributed by atoms with van der Waals surface area (Å²) >= 11 is 6.64. The van der Waals surface area contributed by atoms with Crippen LogP contribution in [0.1, 0.15) is 33.5 Å². The minimum Gasteiger partial charge on any atom is -0.486 e. The summed E-state index contributed by atoms with van der Waals surface area (Å²) in [4.78, 5) is 19.3. The molecule has 1 fully saturated rings. The minimum atomic E-state index is 0.00627. The van der Waals surface area contributed by atoms with Gasteiger partial charge in [-0.1, -0.05) is 17.7 Å². The van der Waals surface area contributed by atoms with Gasteiger partial charge in [0.2, 0.25) is 0 Å². The average Bonchev–Trinajstić information content (AvgIpc) is 3.33. The highest BCUT2D eigenvalue weighted by Gasteiger charge is 2.36. The molecule has 1 amide bonds. The summed E-state index contributed by atoms with van der Waals surface area (Å²) in [5.74, 6) is 0.542. The molecular formula is C22H21ClN4O2. The van der Waals surface area contributed by atoms with Crippen LogP contribution in [-0.4, -0.2) is 44.8 Å². The van der Waals surface area contributed by atoms with Gasteiger partial charge in [0, 0.05) is 32.4 Å². The van der Waals surface area contributed by atoms with Crippen LogP contribution in [0.25, 0.3) is 11.4 Å². The Balaban J connectivity index is 1.47. The molecule has 0 saturated carbocycles. The van der Waals surface area contributed by atoms with Crippen molar-refractivity contribution < 1.29 is 9.53 Å². The fourth-order valence-corrected chi connectivity index (χ4v) is 4.30. The third kappa shape index (κ3) is 3.17. The van der Waals surface area contributed by atoms with E-state index in [0.717, 1.165) is 41.0 Å². The maximum Gasteiger partial charge on any atom is 0.257 e. The first-order valence-corrected chi connectivity index (χ1v) is 10.1. The van der Waals surface area contributed by atoms with Crippen molar-refractivity contribution in [3.8, 4) is 17.1 Å². The number of nitrogens with zero attached hydrogens (tertiary/aromatic N) is 4. The molecule has 6 nitrogen and oxygen atoms in total. The number of rotatable bonds is 3. The molecule has 29 heavy (non-hydrogen) atoms. The second-order valence-electron chi connectivity index (χ2n) is 7.73. The molecule has 148 valence electrons. The van der Waals surface area contributed by atoms with Gasteiger partial charge in [-0.15, -0.1) is 0 Å². The van der Waals surface area contributed by atoms with Gasteiger partial charge in [-0.3, -0.25) is 14.5 Å². The number of hydrogen-bond donors (Lipinski definition) is 0. The van der Waals surface area contributed by atoms with Gasteiger partial charge < -0.3 is 9.64 Å². The molecule has 1 aromatic carbocycles. The monoisotopic (exact) mass is 408 g/mol. The summed E-state index contributed by atoms with van der Waals surface area (Å²) in [6.45, 7) is 3.35. The molecule has 3 aromatic rings. The number of aryl methyl sites for hydroxylation is 1. The SMILES string of the molecule is Cc1c(Cc2ccc(-c3ccn(C)n3)nc2)cc2c(c1Cl)O[C@H]1CCN(C1)C2=O. The van der Waals surface area contributed by atoms with E-state index in [1.165, 1.54) is 0 Å². The van der Waals surface area contributed by atoms with E-state index in [0.29, 0.717) is 29.3 Å². The molecule has 7 heteroatoms. The molecule has 4 heterocycles. The molecule has 0 unspecified atom stereocenters. The Morgan fingerprint density at radius 3 is 2.86 bits per heavy atom. The molecule has 2 aliphatic heterocycles. The predicted molar refractivity (Wildman–Crippen MR) is 110 cm³/mol. The standard InChI is InChI=1S/C22H21ClN4O2/c1-13-15(9-14-3-4-18(24-11-14)19-6-7-26(2)25-19)10-17-21(20(13)23)29-16-5-8-27(12-16)22(17)28/h3-4,6-7,10-11,16H,5,8-9,12H2,1-2H3/t16-/m0/s1. The lowest BCUT2D eigenvalue weighted by molar-refractivity contribution is 0.0792. The molecule has 1 saturated heterocycles. The van der Waals surface area contributed by atoms with Crippen molar-refractivity contribution in [2.45, 2.75) is 25.9 Å². The summed E-state index contributed by atoms with van der Waals surface area (Å²) in [5.41, 5.74) is 5.24. The second-order valence-corrected chi connectivity index (χ2v) is 8.11. The molecule has 0 N–H and O–H groups in total. The van der Waals surface area contributed by atoms with Crippen LogP contribution in [0.4, 0.5) is 0 Å². The highest BCUT2D eigenvalue weighted by molar-refractivity contribution is 6.33. The van der Waals surface area contributed by atoms with Gasteiger partial charge in [0.25, 0.3) is 5.91 Å². The number of pyridine rings is 1. The average molecular weight is 409 g/mol. The Kier molecular flexibility index (Phi) is 4.32. The first-order valence-electron chi connectivity index (χ1n) is 9.72. The maximum atomic E-state index is 12.9. The van der Waals surface area contributed by atoms with Crippen LogP contribution in [-0.2, 0) is 13.5 Å². The van der Waals surface area contributed by atoms with Crippen LogP contribution in [0.3, 0.4) is 0 Å². The molecule has 2 bridgehead atoms. The minimum absolute atomic E-state index is 0.00627. The van der Waals surface area contributed by atoms with Gasteiger partial charge >= 0.3 is 0 Å². The van der Waals surface area contributed by atoms with Crippen molar-refractivity contribution in [2.75, 3.05) is 13.1 Å². The zero-order valence-corrected chi connectivity index (χ0v) is 17.1. The number of ether oxygens (including phenoxy) is 1. The maximum absolute atomic E-state index is 12.9. The van der Waals surface area contributed by atoms with Crippen molar-refractivity contribution >= 4 is 17.5 Å². The lowest BCUT2D eigenvalue weighted by atomic mass is 9.97. The van der Waals surface area contributed by atoms with Crippen LogP contribution >= 0.6 is 11.6 Å². The lowest BCUT2D eigenvalue weighted by Gasteiger charge is -2.19. The third-order valence-corrected chi connectivity index (χ3v) is 6.17. The van der Waals surface area contributed by atoms with Gasteiger partial charge in [-0.2, -0.15) is 5.10 Å². The van der Waals surface area contributed by atoms with E-state index in [4.69, 9.17) is 16.3 Å². The first-order chi connectivity index (χ1) is 14.0. The van der Waals surface area contributed by atoms with Crippen molar-refractivity contribution in [1.29, 1.82) is 0 Å². The van der Waals surface area contributed by atoms with E-state index in [2.05, 4.69) is 10.1 Å². The van der Waals surface area contributed by atoms with Gasteiger partial charge in [-0.05, 0) is 48.2 Å². The highest BCUT2D eigenvalue weighted by Crippen LogP contribution is 2.39. The number of halogens is 1. The number of hydrogen-bond acceptors (Lipinski definition) is 4. The van der Waals surface area contributed by atoms with Gasteiger partial charge in [0.1, 0.15) is 11.8 Å². The van der Waals surface area contributed by atoms with E-state index in [9.17, 15) is 4.79 Å². The van der Waals surface area contributed by atoms with Crippen LogP contribution in [0.15, 0.2) is 36.7 Å². The second kappa shape index (κ2) is 6.88. The number of carbonyl (C=O) groups excluding carboxylic acids is 1. The van der Waals surface area contributed by atoms with Crippen LogP contribution in [0.5, 0.6) is 5.75 Å². The van der Waals surface area contributed by atoms with E-state index in [1.807, 2.05) is 55.5 Å². The molecule has 0 aliphatic carbocycles. The summed E-state index contributed by atoms with van der Waals surface area (Å²) < 4.78 is 7.84. The number of carbonyl (C=O) groups is 1. The van der Waals surface area contributed by atoms with Crippen molar-refractivity contribution in [1.82, 2.24) is 19.7 Å². The largest absolute Gasteiger partial charge is 0.486 e. The van der Waals surface area contributed by atoms with E-state index in [1.54, 1.807) is 4.68 Å². The Labute approximate surface area is 174 Å². The summed E-state index contributed by atoms with van der Waals surface area (Å²) in [6, 6.07) is 7.89. The fraction of sp³-hybridized carbons (Fsp3) is 0.318. The quantitative estimate of drug-likeness (QED) is 0.663. The molecule has 1 atom stereocenters. The lowest BCUT2D eigenvalue weighted by Crippen LogP contribution is -2.28. The fourth-order valence-electron chi connectivity index (χ4n) is 4.03. The van der Waals surface area contributed by atoms with Gasteiger partial charge in [-0.25, -0.2) is 0 Å². The molecule has 2 aliphatic rings. The van der Waals surface area contributed by atoms with Crippen molar-refractivity contribution in [2.24, 2.45) is 7.05 Å². The van der Waals surface area contributed by atoms with Crippen molar-refractivity contribution in [3.05, 3.63) is 63.9 Å². The number of fused-ring (bicyclic) bond motifs is 3. The van der Waals surface area contributed by atoms with Crippen molar-refractivity contribution in [3.63, 3.8) is 0 Å². The zero-order chi connectivity index (χ0) is 20.1. The molecular weight excluding hydrogens is 388 g/mol. The molecule has 2 aromatic heterocycles. The van der Waals surface area contributed by atoms with E-state index in [-0.39, 0.29) is 12.0 Å². The predicted octanol–water partition coefficient (Wildman–Crippen LogP) is 3.64. The Hall–Kier alpha value is -2.86. The summed E-state index contributed by atoms with van der Waals surface area (Å²) in [7, 11) is 1.89. The van der Waals surface area contributed by atoms with Gasteiger partial charge in [0.05, 0.1) is 22.8 Å². The van der Waals surface area contributed by atoms with Gasteiger partial charge in [0.15, 0.2) is 5.75 Å². The topological polar surface area (TPSA) is 60.2 Å². The first kappa shape index (κ1) is 18.2. The van der Waals surface area contributed by atoms with E-state index < -0.39 is 0 Å². The summed E-state index contributed by atoms with van der Waals surface area (Å²) in [5, 5.41) is 4.92. The van der Waals surface area contributed by atoms with Crippen LogP contribution < -0.4 is 4.74 Å². The summed E-state index contributed by atoms with van der Waals surface area (Å²) in [6.07, 6.45) is 5.29. The Morgan fingerprint density at radius 2 is 2.14 bits per heavy atom. The van der Waals surface area contributed by atoms with E-state index >= 15 is 0 Å².